The highest BCUT2D eigenvalue weighted by molar-refractivity contribution is 5.92. The van der Waals surface area contributed by atoms with E-state index < -0.39 is 28.8 Å². The molecule has 0 aliphatic carbocycles. The summed E-state index contributed by atoms with van der Waals surface area (Å²) >= 11 is 0. The standard InChI is InChI=1S/C19H18F3N5O2/c1-12(11-26-8-4-7-23-26)24-18(29)17-16(28)9-13(2)27(25-17)15-6-3-5-14(10-15)19(20,21)22/h3-10,12H,11H2,1-2H3,(H,24,29). The molecule has 152 valence electrons. The largest absolute Gasteiger partial charge is 0.416 e. The highest BCUT2D eigenvalue weighted by Crippen LogP contribution is 2.30. The van der Waals surface area contributed by atoms with Crippen LogP contribution in [0.3, 0.4) is 0 Å². The van der Waals surface area contributed by atoms with Crippen LogP contribution < -0.4 is 10.7 Å². The molecule has 0 saturated heterocycles. The molecule has 1 N–H and O–H groups in total. The van der Waals surface area contributed by atoms with Crippen LogP contribution in [0.5, 0.6) is 0 Å². The van der Waals surface area contributed by atoms with E-state index in [2.05, 4.69) is 15.5 Å². The molecule has 3 aromatic rings. The molecule has 0 saturated carbocycles. The Labute approximate surface area is 163 Å². The van der Waals surface area contributed by atoms with Crippen molar-refractivity contribution in [3.63, 3.8) is 0 Å². The van der Waals surface area contributed by atoms with E-state index in [1.165, 1.54) is 25.1 Å². The summed E-state index contributed by atoms with van der Waals surface area (Å²) in [7, 11) is 0. The second kappa shape index (κ2) is 7.90. The molecular formula is C19H18F3N5O2. The molecule has 2 heterocycles. The van der Waals surface area contributed by atoms with Gasteiger partial charge in [-0.3, -0.25) is 14.3 Å². The summed E-state index contributed by atoms with van der Waals surface area (Å²) < 4.78 is 41.8. The molecule has 2 aromatic heterocycles. The van der Waals surface area contributed by atoms with Gasteiger partial charge in [-0.1, -0.05) is 6.07 Å². The fraction of sp³-hybridized carbons (Fsp3) is 0.263. The Morgan fingerprint density at radius 3 is 2.66 bits per heavy atom. The lowest BCUT2D eigenvalue weighted by atomic mass is 10.2. The molecule has 0 spiro atoms. The van der Waals surface area contributed by atoms with Gasteiger partial charge in [0.1, 0.15) is 0 Å². The van der Waals surface area contributed by atoms with Gasteiger partial charge in [-0.25, -0.2) is 4.68 Å². The first-order chi connectivity index (χ1) is 13.6. The number of halogens is 3. The van der Waals surface area contributed by atoms with Gasteiger partial charge in [-0.2, -0.15) is 23.4 Å². The van der Waals surface area contributed by atoms with E-state index in [9.17, 15) is 22.8 Å². The molecule has 0 radical (unpaired) electrons. The Bertz CT molecular complexity index is 1070. The summed E-state index contributed by atoms with van der Waals surface area (Å²) in [5.41, 5.74) is -1.48. The van der Waals surface area contributed by atoms with Crippen LogP contribution in [0.25, 0.3) is 5.69 Å². The van der Waals surface area contributed by atoms with E-state index in [4.69, 9.17) is 0 Å². The van der Waals surface area contributed by atoms with E-state index in [1.54, 1.807) is 30.1 Å². The predicted molar refractivity (Wildman–Crippen MR) is 98.7 cm³/mol. The van der Waals surface area contributed by atoms with Gasteiger partial charge in [0.25, 0.3) is 5.91 Å². The Morgan fingerprint density at radius 2 is 2.00 bits per heavy atom. The van der Waals surface area contributed by atoms with Gasteiger partial charge in [0.2, 0.25) is 5.43 Å². The monoisotopic (exact) mass is 405 g/mol. The average molecular weight is 405 g/mol. The van der Waals surface area contributed by atoms with Crippen molar-refractivity contribution in [2.45, 2.75) is 32.6 Å². The van der Waals surface area contributed by atoms with Crippen molar-refractivity contribution in [2.24, 2.45) is 0 Å². The number of aromatic nitrogens is 4. The molecule has 7 nitrogen and oxygen atoms in total. The summed E-state index contributed by atoms with van der Waals surface area (Å²) in [5, 5.41) is 10.7. The van der Waals surface area contributed by atoms with Crippen LogP contribution in [-0.4, -0.2) is 31.5 Å². The van der Waals surface area contributed by atoms with Crippen LogP contribution in [0.2, 0.25) is 0 Å². The van der Waals surface area contributed by atoms with Gasteiger partial charge in [0.05, 0.1) is 17.8 Å². The second-order valence-corrected chi connectivity index (χ2v) is 6.56. The number of carbonyl (C=O) groups excluding carboxylic acids is 1. The third-order valence-electron chi connectivity index (χ3n) is 4.14. The van der Waals surface area contributed by atoms with Crippen molar-refractivity contribution >= 4 is 5.91 Å². The Morgan fingerprint density at radius 1 is 1.24 bits per heavy atom. The van der Waals surface area contributed by atoms with Crippen molar-refractivity contribution < 1.29 is 18.0 Å². The maximum atomic E-state index is 13.0. The van der Waals surface area contributed by atoms with Gasteiger partial charge in [-0.15, -0.1) is 0 Å². The smallest absolute Gasteiger partial charge is 0.346 e. The zero-order chi connectivity index (χ0) is 21.2. The highest BCUT2D eigenvalue weighted by atomic mass is 19.4. The van der Waals surface area contributed by atoms with Crippen LogP contribution in [-0.2, 0) is 12.7 Å². The summed E-state index contributed by atoms with van der Waals surface area (Å²) in [6.07, 6.45) is -1.19. The van der Waals surface area contributed by atoms with E-state index in [0.29, 0.717) is 12.2 Å². The van der Waals surface area contributed by atoms with Crippen LogP contribution in [0.15, 0.2) is 53.6 Å². The molecule has 0 aliphatic heterocycles. The highest BCUT2D eigenvalue weighted by Gasteiger charge is 2.30. The number of nitrogens with zero attached hydrogens (tertiary/aromatic N) is 4. The summed E-state index contributed by atoms with van der Waals surface area (Å²) in [4.78, 5) is 24.8. The summed E-state index contributed by atoms with van der Waals surface area (Å²) in [6, 6.07) is 7.06. The lowest BCUT2D eigenvalue weighted by molar-refractivity contribution is -0.137. The van der Waals surface area contributed by atoms with Crippen molar-refractivity contribution in [3.8, 4) is 5.69 Å². The molecule has 0 aliphatic rings. The fourth-order valence-electron chi connectivity index (χ4n) is 2.81. The molecule has 0 bridgehead atoms. The zero-order valence-electron chi connectivity index (χ0n) is 15.6. The van der Waals surface area contributed by atoms with E-state index >= 15 is 0 Å². The topological polar surface area (TPSA) is 81.8 Å². The van der Waals surface area contributed by atoms with Gasteiger partial charge >= 0.3 is 6.18 Å². The van der Waals surface area contributed by atoms with Crippen molar-refractivity contribution in [2.75, 3.05) is 0 Å². The molecule has 1 unspecified atom stereocenters. The number of benzene rings is 1. The molecule has 1 amide bonds. The number of nitrogens with one attached hydrogen (secondary N) is 1. The minimum Gasteiger partial charge on any atom is -0.346 e. The summed E-state index contributed by atoms with van der Waals surface area (Å²) in [5.74, 6) is -0.713. The number of amides is 1. The Balaban J connectivity index is 1.90. The quantitative estimate of drug-likeness (QED) is 0.708. The fourth-order valence-corrected chi connectivity index (χ4v) is 2.81. The number of aryl methyl sites for hydroxylation is 1. The minimum atomic E-state index is -4.52. The average Bonchev–Trinajstić information content (AvgIpc) is 3.13. The maximum Gasteiger partial charge on any atom is 0.416 e. The zero-order valence-corrected chi connectivity index (χ0v) is 15.6. The molecule has 1 aromatic carbocycles. The number of hydrogen-bond donors (Lipinski definition) is 1. The lowest BCUT2D eigenvalue weighted by Gasteiger charge is -2.16. The Hall–Kier alpha value is -3.43. The van der Waals surface area contributed by atoms with Crippen LogP contribution in [0.1, 0.15) is 28.7 Å². The van der Waals surface area contributed by atoms with Crippen LogP contribution >= 0.6 is 0 Å². The van der Waals surface area contributed by atoms with Gasteiger partial charge in [0, 0.05) is 30.2 Å². The SMILES string of the molecule is Cc1cc(=O)c(C(=O)NC(C)Cn2cccn2)nn1-c1cccc(C(F)(F)F)c1. The third-order valence-corrected chi connectivity index (χ3v) is 4.14. The van der Waals surface area contributed by atoms with Gasteiger partial charge in [0.15, 0.2) is 5.69 Å². The molecule has 29 heavy (non-hydrogen) atoms. The molecule has 0 fully saturated rings. The van der Waals surface area contributed by atoms with Gasteiger partial charge < -0.3 is 5.32 Å². The number of alkyl halides is 3. The van der Waals surface area contributed by atoms with Crippen LogP contribution in [0.4, 0.5) is 13.2 Å². The van der Waals surface area contributed by atoms with Crippen molar-refractivity contribution in [1.29, 1.82) is 0 Å². The lowest BCUT2D eigenvalue weighted by Crippen LogP contribution is -2.39. The first-order valence-corrected chi connectivity index (χ1v) is 8.72. The van der Waals surface area contributed by atoms with Crippen molar-refractivity contribution in [1.82, 2.24) is 24.9 Å². The Kier molecular flexibility index (Phi) is 5.53. The maximum absolute atomic E-state index is 13.0. The first-order valence-electron chi connectivity index (χ1n) is 8.72. The molecule has 10 heteroatoms. The summed E-state index contributed by atoms with van der Waals surface area (Å²) in [6.45, 7) is 3.64. The number of hydrogen-bond acceptors (Lipinski definition) is 4. The molecule has 3 rings (SSSR count). The molecular weight excluding hydrogens is 387 g/mol. The van der Waals surface area contributed by atoms with E-state index in [0.717, 1.165) is 16.8 Å². The predicted octanol–water partition coefficient (Wildman–Crippen LogP) is 2.57. The normalized spacial score (nSPS) is 12.6. The van der Waals surface area contributed by atoms with Crippen molar-refractivity contribution in [3.05, 3.63) is 76.0 Å². The minimum absolute atomic E-state index is 0.0935. The number of carbonyl (C=O) groups is 1. The third kappa shape index (κ3) is 4.71. The first kappa shape index (κ1) is 20.3. The van der Waals surface area contributed by atoms with Crippen LogP contribution in [0, 0.1) is 6.92 Å². The second-order valence-electron chi connectivity index (χ2n) is 6.56. The molecule has 1 atom stereocenters. The number of rotatable bonds is 5. The van der Waals surface area contributed by atoms with Gasteiger partial charge in [-0.05, 0) is 38.1 Å². The van der Waals surface area contributed by atoms with E-state index in [1.807, 2.05) is 0 Å². The van der Waals surface area contributed by atoms with E-state index in [-0.39, 0.29) is 11.7 Å².